The number of thiophene rings is 1. The second kappa shape index (κ2) is 4.90. The molecule has 5 heteroatoms. The van der Waals surface area contributed by atoms with Crippen molar-refractivity contribution in [3.05, 3.63) is 50.9 Å². The third-order valence-electron chi connectivity index (χ3n) is 3.00. The Balaban J connectivity index is 1.97. The minimum absolute atomic E-state index is 0.113. The highest BCUT2D eigenvalue weighted by atomic mass is 79.9. The van der Waals surface area contributed by atoms with Crippen LogP contribution in [0.2, 0.25) is 0 Å². The van der Waals surface area contributed by atoms with Gasteiger partial charge in [0.15, 0.2) is 5.78 Å². The second-order valence-electron chi connectivity index (χ2n) is 4.26. The Morgan fingerprint density at radius 2 is 2.11 bits per heavy atom. The van der Waals surface area contributed by atoms with Gasteiger partial charge >= 0.3 is 0 Å². The molecule has 96 valence electrons. The summed E-state index contributed by atoms with van der Waals surface area (Å²) in [6.07, 6.45) is 0. The number of hydrogen-bond donors (Lipinski definition) is 0. The monoisotopic (exact) mass is 334 g/mol. The number of hydrogen-bond acceptors (Lipinski definition) is 3. The van der Waals surface area contributed by atoms with Crippen LogP contribution in [0.15, 0.2) is 40.2 Å². The molecule has 2 aromatic heterocycles. The number of imidazole rings is 1. The van der Waals surface area contributed by atoms with Crippen molar-refractivity contribution in [1.82, 2.24) is 9.55 Å². The second-order valence-corrected chi connectivity index (χ2v) is 6.72. The Morgan fingerprint density at radius 3 is 2.84 bits per heavy atom. The van der Waals surface area contributed by atoms with Gasteiger partial charge in [0.1, 0.15) is 5.82 Å². The van der Waals surface area contributed by atoms with Crippen LogP contribution in [0.5, 0.6) is 0 Å². The van der Waals surface area contributed by atoms with Gasteiger partial charge in [-0.05, 0) is 47.1 Å². The fourth-order valence-electron chi connectivity index (χ4n) is 2.08. The Hall–Kier alpha value is -1.46. The van der Waals surface area contributed by atoms with Gasteiger partial charge in [0.2, 0.25) is 0 Å². The molecule has 3 rings (SSSR count). The highest BCUT2D eigenvalue weighted by Crippen LogP contribution is 2.23. The summed E-state index contributed by atoms with van der Waals surface area (Å²) in [7, 11) is 0. The number of carbonyl (C=O) groups is 1. The molecule has 0 spiro atoms. The van der Waals surface area contributed by atoms with E-state index in [1.807, 2.05) is 47.9 Å². The Bertz CT molecular complexity index is 760. The van der Waals surface area contributed by atoms with Crippen LogP contribution < -0.4 is 0 Å². The van der Waals surface area contributed by atoms with Crippen molar-refractivity contribution in [3.8, 4) is 0 Å². The number of Topliss-reactive ketones (excluding diaryl/α,β-unsaturated/α-hetero) is 1. The van der Waals surface area contributed by atoms with Crippen molar-refractivity contribution in [2.24, 2.45) is 0 Å². The Kier molecular flexibility index (Phi) is 3.24. The minimum atomic E-state index is 0.113. The quantitative estimate of drug-likeness (QED) is 0.677. The van der Waals surface area contributed by atoms with Crippen molar-refractivity contribution in [2.45, 2.75) is 13.5 Å². The molecule has 0 amide bonds. The Morgan fingerprint density at radius 1 is 1.32 bits per heavy atom. The lowest BCUT2D eigenvalue weighted by Crippen LogP contribution is -2.10. The van der Waals surface area contributed by atoms with E-state index in [0.29, 0.717) is 6.54 Å². The molecule has 0 radical (unpaired) electrons. The number of benzene rings is 1. The number of nitrogens with zero attached hydrogens (tertiary/aromatic N) is 2. The van der Waals surface area contributed by atoms with Crippen LogP contribution in [0.4, 0.5) is 0 Å². The SMILES string of the molecule is Cc1nc2ccccc2n1CC(=O)c1ccc(Br)s1. The van der Waals surface area contributed by atoms with Gasteiger partial charge < -0.3 is 4.57 Å². The molecule has 2 heterocycles. The van der Waals surface area contributed by atoms with E-state index >= 15 is 0 Å². The van der Waals surface area contributed by atoms with Gasteiger partial charge in [0.25, 0.3) is 0 Å². The first-order valence-corrected chi connectivity index (χ1v) is 7.46. The largest absolute Gasteiger partial charge is 0.320 e. The predicted octanol–water partition coefficient (Wildman–Crippen LogP) is 4.05. The first kappa shape index (κ1) is 12.6. The van der Waals surface area contributed by atoms with Gasteiger partial charge in [-0.2, -0.15) is 0 Å². The van der Waals surface area contributed by atoms with E-state index in [2.05, 4.69) is 20.9 Å². The fourth-order valence-corrected chi connectivity index (χ4v) is 3.40. The van der Waals surface area contributed by atoms with Gasteiger partial charge in [-0.25, -0.2) is 4.98 Å². The fraction of sp³-hybridized carbons (Fsp3) is 0.143. The first-order chi connectivity index (χ1) is 9.15. The molecule has 3 nitrogen and oxygen atoms in total. The maximum Gasteiger partial charge on any atom is 0.192 e. The number of aryl methyl sites for hydroxylation is 1. The van der Waals surface area contributed by atoms with Crippen molar-refractivity contribution in [3.63, 3.8) is 0 Å². The lowest BCUT2D eigenvalue weighted by Gasteiger charge is -2.04. The van der Waals surface area contributed by atoms with Gasteiger partial charge in [-0.1, -0.05) is 12.1 Å². The molecule has 0 saturated carbocycles. The summed E-state index contributed by atoms with van der Waals surface area (Å²) in [4.78, 5) is 17.5. The van der Waals surface area contributed by atoms with Crippen molar-refractivity contribution < 1.29 is 4.79 Å². The zero-order valence-electron chi connectivity index (χ0n) is 10.3. The van der Waals surface area contributed by atoms with E-state index in [1.54, 1.807) is 0 Å². The van der Waals surface area contributed by atoms with Crippen LogP contribution in [0.25, 0.3) is 11.0 Å². The number of ketones is 1. The van der Waals surface area contributed by atoms with Crippen LogP contribution >= 0.6 is 27.3 Å². The van der Waals surface area contributed by atoms with E-state index in [-0.39, 0.29) is 5.78 Å². The average Bonchev–Trinajstić information content (AvgIpc) is 2.95. The third-order valence-corrected chi connectivity index (χ3v) is 4.66. The molecule has 0 N–H and O–H groups in total. The zero-order valence-corrected chi connectivity index (χ0v) is 12.7. The maximum atomic E-state index is 12.3. The molecule has 0 aliphatic carbocycles. The molecule has 0 saturated heterocycles. The smallest absolute Gasteiger partial charge is 0.192 e. The summed E-state index contributed by atoms with van der Waals surface area (Å²) < 4.78 is 2.94. The molecular weight excluding hydrogens is 324 g/mol. The number of rotatable bonds is 3. The summed E-state index contributed by atoms with van der Waals surface area (Å²) in [5, 5.41) is 0. The molecule has 3 aromatic rings. The summed E-state index contributed by atoms with van der Waals surface area (Å²) >= 11 is 4.84. The number of halogens is 1. The Labute approximate surface area is 123 Å². The molecular formula is C14H11BrN2OS. The van der Waals surface area contributed by atoms with E-state index in [1.165, 1.54) is 11.3 Å². The molecule has 0 bridgehead atoms. The van der Waals surface area contributed by atoms with Gasteiger partial charge in [0.05, 0.1) is 26.2 Å². The third kappa shape index (κ3) is 2.35. The summed E-state index contributed by atoms with van der Waals surface area (Å²) in [6.45, 7) is 2.26. The van der Waals surface area contributed by atoms with Crippen molar-refractivity contribution >= 4 is 44.1 Å². The van der Waals surface area contributed by atoms with Gasteiger partial charge in [-0.3, -0.25) is 4.79 Å². The summed E-state index contributed by atoms with van der Waals surface area (Å²) in [5.41, 5.74) is 1.93. The molecule has 0 fully saturated rings. The molecule has 0 aliphatic heterocycles. The van der Waals surface area contributed by atoms with Crippen molar-refractivity contribution in [1.29, 1.82) is 0 Å². The molecule has 0 aliphatic rings. The first-order valence-electron chi connectivity index (χ1n) is 5.85. The highest BCUT2D eigenvalue weighted by Gasteiger charge is 2.13. The minimum Gasteiger partial charge on any atom is -0.320 e. The molecule has 0 unspecified atom stereocenters. The topological polar surface area (TPSA) is 34.9 Å². The molecule has 1 aromatic carbocycles. The number of aromatic nitrogens is 2. The number of para-hydroxylation sites is 2. The van der Waals surface area contributed by atoms with Crippen LogP contribution in [0, 0.1) is 6.92 Å². The maximum absolute atomic E-state index is 12.3. The number of carbonyl (C=O) groups excluding carboxylic acids is 1. The van der Waals surface area contributed by atoms with Crippen LogP contribution in [-0.4, -0.2) is 15.3 Å². The summed E-state index contributed by atoms with van der Waals surface area (Å²) in [5.74, 6) is 0.979. The predicted molar refractivity (Wildman–Crippen MR) is 80.8 cm³/mol. The van der Waals surface area contributed by atoms with Gasteiger partial charge in [-0.15, -0.1) is 11.3 Å². The van der Waals surface area contributed by atoms with E-state index in [9.17, 15) is 4.79 Å². The summed E-state index contributed by atoms with van der Waals surface area (Å²) in [6, 6.07) is 11.6. The van der Waals surface area contributed by atoms with E-state index in [0.717, 1.165) is 25.5 Å². The highest BCUT2D eigenvalue weighted by molar-refractivity contribution is 9.11. The standard InChI is InChI=1S/C14H11BrN2OS/c1-9-16-10-4-2-3-5-11(10)17(9)8-12(18)13-6-7-14(15)19-13/h2-7H,8H2,1H3. The molecule has 0 atom stereocenters. The zero-order chi connectivity index (χ0) is 13.4. The van der Waals surface area contributed by atoms with E-state index in [4.69, 9.17) is 0 Å². The molecule has 19 heavy (non-hydrogen) atoms. The normalized spacial score (nSPS) is 11.1. The van der Waals surface area contributed by atoms with Crippen LogP contribution in [-0.2, 0) is 6.54 Å². The van der Waals surface area contributed by atoms with Crippen molar-refractivity contribution in [2.75, 3.05) is 0 Å². The van der Waals surface area contributed by atoms with Crippen LogP contribution in [0.1, 0.15) is 15.5 Å². The van der Waals surface area contributed by atoms with E-state index < -0.39 is 0 Å². The average molecular weight is 335 g/mol. The lowest BCUT2D eigenvalue weighted by atomic mass is 10.3. The number of fused-ring (bicyclic) bond motifs is 1. The lowest BCUT2D eigenvalue weighted by molar-refractivity contribution is 0.0976. The van der Waals surface area contributed by atoms with Gasteiger partial charge in [0, 0.05) is 0 Å². The van der Waals surface area contributed by atoms with Crippen LogP contribution in [0.3, 0.4) is 0 Å².